The molecule has 2 N–H and O–H groups in total. The van der Waals surface area contributed by atoms with Gasteiger partial charge in [-0.05, 0) is 94.3 Å². The fraction of sp³-hybridized carbons (Fsp3) is 0.267. The highest BCUT2D eigenvalue weighted by Gasteiger charge is 2.23. The number of aryl methyl sites for hydroxylation is 1. The molecule has 0 unspecified atom stereocenters. The molecule has 0 atom stereocenters. The zero-order chi connectivity index (χ0) is 25.5. The number of nitrogens with one attached hydrogen (secondary N) is 2. The van der Waals surface area contributed by atoms with Crippen molar-refractivity contribution in [3.63, 3.8) is 0 Å². The van der Waals surface area contributed by atoms with E-state index in [-0.39, 0.29) is 11.4 Å². The summed E-state index contributed by atoms with van der Waals surface area (Å²) in [6.45, 7) is 9.75. The van der Waals surface area contributed by atoms with Gasteiger partial charge in [0.1, 0.15) is 17.2 Å². The summed E-state index contributed by atoms with van der Waals surface area (Å²) in [5.74, 6) is 1.30. The molecule has 0 fully saturated rings. The normalized spacial score (nSPS) is 11.3. The van der Waals surface area contributed by atoms with Crippen LogP contribution in [-0.2, 0) is 18.5 Å². The summed E-state index contributed by atoms with van der Waals surface area (Å²) in [6.07, 6.45) is 0.954. The Kier molecular flexibility index (Phi) is 7.86. The summed E-state index contributed by atoms with van der Waals surface area (Å²) in [5, 5.41) is 10.9. The standard InChI is InChI=1S/C30H34N4O2/c1-22-20-28(34(33-22)30(2,3)4)29(35)32-25-12-16-27(17-13-25)36-26-14-10-23(11-15-26)18-19-31-21-24-8-6-5-7-9-24/h5-17,20,31H,18-19,21H2,1-4H3,(H,32,35). The predicted octanol–water partition coefficient (Wildman–Crippen LogP) is 6.32. The maximum absolute atomic E-state index is 12.9. The number of rotatable bonds is 9. The fourth-order valence-electron chi connectivity index (χ4n) is 3.90. The van der Waals surface area contributed by atoms with E-state index < -0.39 is 0 Å². The number of amides is 1. The molecule has 0 saturated carbocycles. The minimum Gasteiger partial charge on any atom is -0.457 e. The van der Waals surface area contributed by atoms with E-state index in [2.05, 4.69) is 52.1 Å². The molecule has 0 aliphatic carbocycles. The Morgan fingerprint density at radius 1 is 0.889 bits per heavy atom. The van der Waals surface area contributed by atoms with Gasteiger partial charge in [-0.15, -0.1) is 0 Å². The second-order valence-corrected chi connectivity index (χ2v) is 9.89. The number of hydrogen-bond acceptors (Lipinski definition) is 4. The number of aromatic nitrogens is 2. The highest BCUT2D eigenvalue weighted by atomic mass is 16.5. The van der Waals surface area contributed by atoms with Crippen LogP contribution in [0.5, 0.6) is 11.5 Å². The van der Waals surface area contributed by atoms with Crippen LogP contribution in [0.25, 0.3) is 0 Å². The zero-order valence-electron chi connectivity index (χ0n) is 21.4. The van der Waals surface area contributed by atoms with Gasteiger partial charge in [-0.2, -0.15) is 5.10 Å². The van der Waals surface area contributed by atoms with Crippen molar-refractivity contribution in [3.05, 3.63) is 107 Å². The molecule has 1 aromatic heterocycles. The van der Waals surface area contributed by atoms with E-state index in [0.29, 0.717) is 17.1 Å². The quantitative estimate of drug-likeness (QED) is 0.274. The van der Waals surface area contributed by atoms with Gasteiger partial charge >= 0.3 is 0 Å². The van der Waals surface area contributed by atoms with Crippen LogP contribution in [0.1, 0.15) is 48.1 Å². The average molecular weight is 483 g/mol. The Balaban J connectivity index is 1.28. The van der Waals surface area contributed by atoms with Crippen LogP contribution < -0.4 is 15.4 Å². The van der Waals surface area contributed by atoms with Crippen molar-refractivity contribution in [1.82, 2.24) is 15.1 Å². The summed E-state index contributed by atoms with van der Waals surface area (Å²) < 4.78 is 7.75. The SMILES string of the molecule is Cc1cc(C(=O)Nc2ccc(Oc3ccc(CCNCc4ccccc4)cc3)cc2)n(C(C)(C)C)n1. The molecule has 4 rings (SSSR count). The minimum absolute atomic E-state index is 0.187. The molecule has 6 heteroatoms. The number of carbonyl (C=O) groups excluding carboxylic acids is 1. The molecule has 0 spiro atoms. The van der Waals surface area contributed by atoms with Crippen molar-refractivity contribution >= 4 is 11.6 Å². The molecular weight excluding hydrogens is 448 g/mol. The Labute approximate surface area is 213 Å². The van der Waals surface area contributed by atoms with E-state index in [1.54, 1.807) is 10.7 Å². The molecule has 0 radical (unpaired) electrons. The van der Waals surface area contributed by atoms with E-state index in [0.717, 1.165) is 31.0 Å². The molecular formula is C30H34N4O2. The predicted molar refractivity (Wildman–Crippen MR) is 145 cm³/mol. The number of ether oxygens (including phenoxy) is 1. The summed E-state index contributed by atoms with van der Waals surface area (Å²) in [5.41, 5.74) is 4.31. The first-order chi connectivity index (χ1) is 17.3. The van der Waals surface area contributed by atoms with Gasteiger partial charge in [-0.3, -0.25) is 9.48 Å². The Morgan fingerprint density at radius 3 is 2.17 bits per heavy atom. The van der Waals surface area contributed by atoms with Gasteiger partial charge in [0.2, 0.25) is 0 Å². The van der Waals surface area contributed by atoms with Gasteiger partial charge in [0.05, 0.1) is 11.2 Å². The Morgan fingerprint density at radius 2 is 1.53 bits per heavy atom. The summed E-state index contributed by atoms with van der Waals surface area (Å²) in [6, 6.07) is 27.7. The zero-order valence-corrected chi connectivity index (χ0v) is 21.4. The molecule has 1 amide bonds. The third-order valence-corrected chi connectivity index (χ3v) is 5.73. The first kappa shape index (κ1) is 25.2. The van der Waals surface area contributed by atoms with Gasteiger partial charge in [0.25, 0.3) is 5.91 Å². The molecule has 3 aromatic carbocycles. The molecule has 4 aromatic rings. The monoisotopic (exact) mass is 482 g/mol. The van der Waals surface area contributed by atoms with Crippen molar-refractivity contribution in [2.45, 2.75) is 46.2 Å². The van der Waals surface area contributed by atoms with Gasteiger partial charge in [0, 0.05) is 12.2 Å². The molecule has 0 saturated heterocycles. The van der Waals surface area contributed by atoms with E-state index in [1.807, 2.05) is 70.2 Å². The van der Waals surface area contributed by atoms with E-state index in [1.165, 1.54) is 11.1 Å². The number of hydrogen-bond donors (Lipinski definition) is 2. The highest BCUT2D eigenvalue weighted by molar-refractivity contribution is 6.03. The molecule has 6 nitrogen and oxygen atoms in total. The largest absolute Gasteiger partial charge is 0.457 e. The lowest BCUT2D eigenvalue weighted by Gasteiger charge is -2.22. The lowest BCUT2D eigenvalue weighted by atomic mass is 10.1. The van der Waals surface area contributed by atoms with E-state index >= 15 is 0 Å². The van der Waals surface area contributed by atoms with Gasteiger partial charge < -0.3 is 15.4 Å². The topological polar surface area (TPSA) is 68.2 Å². The van der Waals surface area contributed by atoms with Crippen molar-refractivity contribution in [1.29, 1.82) is 0 Å². The van der Waals surface area contributed by atoms with Crippen molar-refractivity contribution in [3.8, 4) is 11.5 Å². The van der Waals surface area contributed by atoms with Crippen molar-refractivity contribution in [2.24, 2.45) is 0 Å². The Hall–Kier alpha value is -3.90. The maximum atomic E-state index is 12.9. The van der Waals surface area contributed by atoms with Gasteiger partial charge in [-0.25, -0.2) is 0 Å². The fourth-order valence-corrected chi connectivity index (χ4v) is 3.90. The third kappa shape index (κ3) is 6.83. The smallest absolute Gasteiger partial charge is 0.273 e. The average Bonchev–Trinajstić information content (AvgIpc) is 3.27. The molecule has 0 aliphatic rings. The third-order valence-electron chi connectivity index (χ3n) is 5.73. The molecule has 0 aliphatic heterocycles. The first-order valence-electron chi connectivity index (χ1n) is 12.3. The van der Waals surface area contributed by atoms with Crippen molar-refractivity contribution < 1.29 is 9.53 Å². The van der Waals surface area contributed by atoms with E-state index in [9.17, 15) is 4.79 Å². The second kappa shape index (κ2) is 11.2. The highest BCUT2D eigenvalue weighted by Crippen LogP contribution is 2.24. The van der Waals surface area contributed by atoms with Crippen LogP contribution in [0.2, 0.25) is 0 Å². The van der Waals surface area contributed by atoms with Crippen LogP contribution in [0, 0.1) is 6.92 Å². The first-order valence-corrected chi connectivity index (χ1v) is 12.3. The van der Waals surface area contributed by atoms with Crippen LogP contribution in [0.15, 0.2) is 84.9 Å². The van der Waals surface area contributed by atoms with Crippen LogP contribution in [-0.4, -0.2) is 22.2 Å². The molecule has 36 heavy (non-hydrogen) atoms. The van der Waals surface area contributed by atoms with Gasteiger partial charge in [-0.1, -0.05) is 42.5 Å². The number of carbonyl (C=O) groups is 1. The lowest BCUT2D eigenvalue weighted by molar-refractivity contribution is 0.100. The summed E-state index contributed by atoms with van der Waals surface area (Å²) in [4.78, 5) is 12.9. The number of anilines is 1. The summed E-state index contributed by atoms with van der Waals surface area (Å²) in [7, 11) is 0. The minimum atomic E-state index is -0.285. The molecule has 186 valence electrons. The van der Waals surface area contributed by atoms with Crippen molar-refractivity contribution in [2.75, 3.05) is 11.9 Å². The lowest BCUT2D eigenvalue weighted by Crippen LogP contribution is -2.29. The molecule has 0 bridgehead atoms. The second-order valence-electron chi connectivity index (χ2n) is 9.89. The van der Waals surface area contributed by atoms with Crippen LogP contribution in [0.3, 0.4) is 0 Å². The summed E-state index contributed by atoms with van der Waals surface area (Å²) >= 11 is 0. The Bertz CT molecular complexity index is 1270. The number of benzene rings is 3. The maximum Gasteiger partial charge on any atom is 0.273 e. The van der Waals surface area contributed by atoms with E-state index in [4.69, 9.17) is 4.74 Å². The number of nitrogens with zero attached hydrogens (tertiary/aromatic N) is 2. The van der Waals surface area contributed by atoms with Crippen LogP contribution >= 0.6 is 0 Å². The van der Waals surface area contributed by atoms with Gasteiger partial charge in [0.15, 0.2) is 0 Å². The molecule has 1 heterocycles. The van der Waals surface area contributed by atoms with Crippen LogP contribution in [0.4, 0.5) is 5.69 Å².